The van der Waals surface area contributed by atoms with Crippen LogP contribution in [0.2, 0.25) is 0 Å². The number of hydrogen-bond acceptors (Lipinski definition) is 6. The van der Waals surface area contributed by atoms with Gasteiger partial charge in [-0.2, -0.15) is 0 Å². The molecule has 0 bridgehead atoms. The van der Waals surface area contributed by atoms with Crippen molar-refractivity contribution in [3.05, 3.63) is 58.6 Å². The van der Waals surface area contributed by atoms with Gasteiger partial charge in [0.25, 0.3) is 11.6 Å². The SMILES string of the molecule is COc1ccc(NC2CC(=O)N(c3ccc([N+](=O)[O-])cc3)C2=O)cc1. The van der Waals surface area contributed by atoms with E-state index in [-0.39, 0.29) is 18.0 Å². The van der Waals surface area contributed by atoms with E-state index in [1.807, 2.05) is 0 Å². The molecule has 3 rings (SSSR count). The Balaban J connectivity index is 1.76. The minimum absolute atomic E-state index is 0.0157. The number of hydrogen-bond donors (Lipinski definition) is 1. The van der Waals surface area contributed by atoms with Crippen molar-refractivity contribution in [2.75, 3.05) is 17.3 Å². The summed E-state index contributed by atoms with van der Waals surface area (Å²) in [5, 5.41) is 13.7. The Morgan fingerprint density at radius 2 is 1.76 bits per heavy atom. The van der Waals surface area contributed by atoms with Crippen LogP contribution in [0.5, 0.6) is 5.75 Å². The Morgan fingerprint density at radius 3 is 2.32 bits per heavy atom. The first-order chi connectivity index (χ1) is 12.0. The molecule has 0 radical (unpaired) electrons. The number of nitro groups is 1. The lowest BCUT2D eigenvalue weighted by Gasteiger charge is -2.16. The Kier molecular flexibility index (Phi) is 4.34. The largest absolute Gasteiger partial charge is 0.497 e. The third-order valence-corrected chi connectivity index (χ3v) is 3.90. The average Bonchev–Trinajstić information content (AvgIpc) is 2.89. The van der Waals surface area contributed by atoms with E-state index in [0.717, 1.165) is 4.90 Å². The first-order valence-corrected chi connectivity index (χ1v) is 7.51. The van der Waals surface area contributed by atoms with E-state index < -0.39 is 16.9 Å². The molecule has 1 heterocycles. The van der Waals surface area contributed by atoms with E-state index in [0.29, 0.717) is 17.1 Å². The number of benzene rings is 2. The molecule has 1 unspecified atom stereocenters. The number of nitrogens with one attached hydrogen (secondary N) is 1. The number of rotatable bonds is 5. The van der Waals surface area contributed by atoms with Crippen LogP contribution < -0.4 is 15.0 Å². The minimum Gasteiger partial charge on any atom is -0.497 e. The number of methoxy groups -OCH3 is 1. The minimum atomic E-state index is -0.684. The summed E-state index contributed by atoms with van der Waals surface area (Å²) >= 11 is 0. The standard InChI is InChI=1S/C17H15N3O5/c1-25-14-8-2-11(3-9-14)18-15-10-16(21)19(17(15)22)12-4-6-13(7-5-12)20(23)24/h2-9,15,18H,10H2,1H3. The Morgan fingerprint density at radius 1 is 1.12 bits per heavy atom. The molecule has 1 atom stereocenters. The molecular weight excluding hydrogens is 326 g/mol. The fourth-order valence-electron chi connectivity index (χ4n) is 2.63. The highest BCUT2D eigenvalue weighted by Crippen LogP contribution is 2.27. The number of anilines is 2. The lowest BCUT2D eigenvalue weighted by atomic mass is 10.2. The molecule has 0 aliphatic carbocycles. The van der Waals surface area contributed by atoms with E-state index in [1.54, 1.807) is 31.4 Å². The summed E-state index contributed by atoms with van der Waals surface area (Å²) in [6.07, 6.45) is 0.0157. The summed E-state index contributed by atoms with van der Waals surface area (Å²) in [5.74, 6) is -0.0635. The molecule has 1 aliphatic heterocycles. The molecule has 2 amide bonds. The summed E-state index contributed by atoms with van der Waals surface area (Å²) < 4.78 is 5.07. The van der Waals surface area contributed by atoms with Gasteiger partial charge in [-0.15, -0.1) is 0 Å². The Bertz CT molecular complexity index is 817. The van der Waals surface area contributed by atoms with E-state index in [1.165, 1.54) is 24.3 Å². The van der Waals surface area contributed by atoms with Gasteiger partial charge >= 0.3 is 0 Å². The fourth-order valence-corrected chi connectivity index (χ4v) is 2.63. The van der Waals surface area contributed by atoms with Gasteiger partial charge in [-0.3, -0.25) is 19.7 Å². The topological polar surface area (TPSA) is 102 Å². The van der Waals surface area contributed by atoms with Crippen LogP contribution in [-0.2, 0) is 9.59 Å². The third-order valence-electron chi connectivity index (χ3n) is 3.90. The number of nitro benzene ring substituents is 1. The van der Waals surface area contributed by atoms with Gasteiger partial charge in [0, 0.05) is 17.8 Å². The molecule has 2 aromatic rings. The number of carbonyl (C=O) groups excluding carboxylic acids is 2. The number of ether oxygens (including phenoxy) is 1. The van der Waals surface area contributed by atoms with Crippen LogP contribution in [0.1, 0.15) is 6.42 Å². The van der Waals surface area contributed by atoms with E-state index in [4.69, 9.17) is 4.74 Å². The summed E-state index contributed by atoms with van der Waals surface area (Å²) in [6, 6.07) is 11.6. The quantitative estimate of drug-likeness (QED) is 0.509. The van der Waals surface area contributed by atoms with Gasteiger partial charge in [0.05, 0.1) is 24.1 Å². The van der Waals surface area contributed by atoms with Gasteiger partial charge in [-0.1, -0.05) is 0 Å². The van der Waals surface area contributed by atoms with Crippen molar-refractivity contribution in [2.24, 2.45) is 0 Å². The van der Waals surface area contributed by atoms with Gasteiger partial charge in [-0.05, 0) is 36.4 Å². The van der Waals surface area contributed by atoms with Crippen LogP contribution in [-0.4, -0.2) is 29.9 Å². The van der Waals surface area contributed by atoms with Crippen molar-refractivity contribution in [1.82, 2.24) is 0 Å². The van der Waals surface area contributed by atoms with Gasteiger partial charge in [0.2, 0.25) is 5.91 Å². The van der Waals surface area contributed by atoms with Gasteiger partial charge in [0.1, 0.15) is 11.8 Å². The van der Waals surface area contributed by atoms with Gasteiger partial charge < -0.3 is 10.1 Å². The van der Waals surface area contributed by atoms with E-state index in [2.05, 4.69) is 5.32 Å². The number of amides is 2. The predicted octanol–water partition coefficient (Wildman–Crippen LogP) is 2.35. The second kappa shape index (κ2) is 6.60. The highest BCUT2D eigenvalue weighted by Gasteiger charge is 2.39. The van der Waals surface area contributed by atoms with Crippen molar-refractivity contribution in [3.63, 3.8) is 0 Å². The molecule has 1 aliphatic rings. The lowest BCUT2D eigenvalue weighted by Crippen LogP contribution is -2.34. The van der Waals surface area contributed by atoms with Crippen molar-refractivity contribution < 1.29 is 19.2 Å². The van der Waals surface area contributed by atoms with Crippen molar-refractivity contribution >= 4 is 28.9 Å². The van der Waals surface area contributed by atoms with Crippen LogP contribution in [0.4, 0.5) is 17.1 Å². The van der Waals surface area contributed by atoms with Crippen LogP contribution in [0.15, 0.2) is 48.5 Å². The van der Waals surface area contributed by atoms with Crippen molar-refractivity contribution in [1.29, 1.82) is 0 Å². The monoisotopic (exact) mass is 341 g/mol. The van der Waals surface area contributed by atoms with E-state index >= 15 is 0 Å². The summed E-state index contributed by atoms with van der Waals surface area (Å²) in [7, 11) is 1.56. The number of imide groups is 1. The number of nitrogens with zero attached hydrogens (tertiary/aromatic N) is 2. The predicted molar refractivity (Wildman–Crippen MR) is 90.6 cm³/mol. The lowest BCUT2D eigenvalue weighted by molar-refractivity contribution is -0.384. The molecule has 1 fully saturated rings. The maximum atomic E-state index is 12.5. The molecule has 1 N–H and O–H groups in total. The Labute approximate surface area is 143 Å². The second-order valence-corrected chi connectivity index (χ2v) is 5.47. The van der Waals surface area contributed by atoms with Crippen LogP contribution in [0.3, 0.4) is 0 Å². The van der Waals surface area contributed by atoms with Gasteiger partial charge in [0.15, 0.2) is 0 Å². The van der Waals surface area contributed by atoms with Crippen LogP contribution in [0, 0.1) is 10.1 Å². The zero-order chi connectivity index (χ0) is 18.0. The zero-order valence-corrected chi connectivity index (χ0v) is 13.3. The third kappa shape index (κ3) is 3.27. The van der Waals surface area contributed by atoms with Crippen molar-refractivity contribution in [2.45, 2.75) is 12.5 Å². The smallest absolute Gasteiger partial charge is 0.269 e. The first kappa shape index (κ1) is 16.4. The van der Waals surface area contributed by atoms with E-state index in [9.17, 15) is 19.7 Å². The zero-order valence-electron chi connectivity index (χ0n) is 13.3. The summed E-state index contributed by atoms with van der Waals surface area (Å²) in [6.45, 7) is 0. The number of non-ortho nitro benzene ring substituents is 1. The highest BCUT2D eigenvalue weighted by atomic mass is 16.6. The molecular formula is C17H15N3O5. The molecule has 0 saturated carbocycles. The molecule has 128 valence electrons. The first-order valence-electron chi connectivity index (χ1n) is 7.51. The average molecular weight is 341 g/mol. The molecule has 25 heavy (non-hydrogen) atoms. The summed E-state index contributed by atoms with van der Waals surface area (Å²) in [5.41, 5.74) is 0.910. The van der Waals surface area contributed by atoms with Crippen molar-refractivity contribution in [3.8, 4) is 5.75 Å². The van der Waals surface area contributed by atoms with Gasteiger partial charge in [-0.25, -0.2) is 4.90 Å². The fraction of sp³-hybridized carbons (Fsp3) is 0.176. The maximum absolute atomic E-state index is 12.5. The molecule has 2 aromatic carbocycles. The highest BCUT2D eigenvalue weighted by molar-refractivity contribution is 6.23. The Hall–Kier alpha value is -3.42. The maximum Gasteiger partial charge on any atom is 0.269 e. The van der Waals surface area contributed by atoms with Crippen LogP contribution in [0.25, 0.3) is 0 Å². The molecule has 0 spiro atoms. The molecule has 0 aromatic heterocycles. The molecule has 8 heteroatoms. The normalized spacial score (nSPS) is 16.8. The summed E-state index contributed by atoms with van der Waals surface area (Å²) in [4.78, 5) is 36.0. The second-order valence-electron chi connectivity index (χ2n) is 5.47. The molecule has 1 saturated heterocycles. The molecule has 8 nitrogen and oxygen atoms in total. The van der Waals surface area contributed by atoms with Crippen LogP contribution >= 0.6 is 0 Å². The number of carbonyl (C=O) groups is 2.